The largest absolute Gasteiger partial charge is 0.466 e. The molecule has 0 aromatic heterocycles. The van der Waals surface area contributed by atoms with Crippen molar-refractivity contribution < 1.29 is 24.5 Å². The summed E-state index contributed by atoms with van der Waals surface area (Å²) >= 11 is 0. The van der Waals surface area contributed by atoms with Gasteiger partial charge in [-0.05, 0) is 32.1 Å². The zero-order valence-corrected chi connectivity index (χ0v) is 50.4. The second-order valence-electron chi connectivity index (χ2n) is 23.5. The van der Waals surface area contributed by atoms with Crippen LogP contribution in [0.3, 0.4) is 0 Å². The van der Waals surface area contributed by atoms with E-state index in [1.165, 1.54) is 321 Å². The van der Waals surface area contributed by atoms with Gasteiger partial charge in [0.2, 0.25) is 5.91 Å². The van der Waals surface area contributed by atoms with E-state index in [1.807, 2.05) is 6.08 Å². The molecule has 6 nitrogen and oxygen atoms in total. The van der Waals surface area contributed by atoms with Crippen molar-refractivity contribution in [2.45, 2.75) is 398 Å². The van der Waals surface area contributed by atoms with Crippen LogP contribution in [0, 0.1) is 0 Å². The molecule has 6 heteroatoms. The minimum atomic E-state index is -0.844. The molecule has 0 saturated carbocycles. The first-order chi connectivity index (χ1) is 36.5. The minimum Gasteiger partial charge on any atom is -0.466 e. The Morgan fingerprint density at radius 1 is 0.365 bits per heavy atom. The van der Waals surface area contributed by atoms with Crippen molar-refractivity contribution >= 4 is 11.9 Å². The maximum Gasteiger partial charge on any atom is 0.305 e. The molecule has 2 atom stereocenters. The number of allylic oxidation sites excluding steroid dienone is 1. The van der Waals surface area contributed by atoms with Gasteiger partial charge in [-0.15, -0.1) is 0 Å². The van der Waals surface area contributed by atoms with Crippen LogP contribution in [-0.2, 0) is 14.3 Å². The van der Waals surface area contributed by atoms with Crippen LogP contribution in [0.2, 0.25) is 0 Å². The average Bonchev–Trinajstić information content (AvgIpc) is 3.40. The molecule has 0 rings (SSSR count). The van der Waals surface area contributed by atoms with Crippen LogP contribution in [0.1, 0.15) is 386 Å². The van der Waals surface area contributed by atoms with E-state index in [4.69, 9.17) is 4.74 Å². The number of esters is 1. The van der Waals surface area contributed by atoms with Gasteiger partial charge in [0.05, 0.1) is 25.4 Å². The Kier molecular flexibility index (Phi) is 62.9. The molecule has 0 fully saturated rings. The standard InChI is InChI=1S/C68H133NO5/c1-3-5-7-9-11-13-15-17-18-19-20-27-30-33-37-40-44-48-52-56-60-66(71)65(64-70)69-67(72)61-57-53-49-45-41-38-34-31-28-25-23-21-22-24-26-29-32-35-39-43-47-51-55-59-63-74-68(73)62-58-54-50-46-42-36-16-14-12-10-8-6-4-2/h56,60,65-66,70-71H,3-55,57-59,61-64H2,1-2H3,(H,69,72)/b60-56+. The van der Waals surface area contributed by atoms with Gasteiger partial charge in [-0.1, -0.05) is 353 Å². The predicted octanol–water partition coefficient (Wildman–Crippen LogP) is 21.6. The third-order valence-electron chi connectivity index (χ3n) is 16.1. The molecule has 0 aliphatic carbocycles. The van der Waals surface area contributed by atoms with Crippen LogP contribution in [-0.4, -0.2) is 47.4 Å². The SMILES string of the molecule is CCCCCCCCCCCCCCCCCCCC/C=C/C(O)C(CO)NC(=O)CCCCCCCCCCCCCCCCCCCCCCCCCCOC(=O)CCCCCCCCCCCCCCC. The second-order valence-corrected chi connectivity index (χ2v) is 23.5. The highest BCUT2D eigenvalue weighted by Crippen LogP contribution is 2.19. The molecule has 0 bridgehead atoms. The zero-order chi connectivity index (χ0) is 53.6. The summed E-state index contributed by atoms with van der Waals surface area (Å²) in [4.78, 5) is 24.6. The first-order valence-electron chi connectivity index (χ1n) is 34.0. The Bertz CT molecular complexity index is 1110. The molecule has 2 unspecified atom stereocenters. The van der Waals surface area contributed by atoms with Crippen molar-refractivity contribution in [1.82, 2.24) is 5.32 Å². The average molecular weight is 1040 g/mol. The normalized spacial score (nSPS) is 12.5. The van der Waals surface area contributed by atoms with Crippen LogP contribution in [0.25, 0.3) is 0 Å². The van der Waals surface area contributed by atoms with Crippen molar-refractivity contribution in [1.29, 1.82) is 0 Å². The number of carbonyl (C=O) groups is 2. The van der Waals surface area contributed by atoms with Crippen LogP contribution in [0.4, 0.5) is 0 Å². The molecule has 0 aromatic carbocycles. The number of carbonyl (C=O) groups excluding carboxylic acids is 2. The van der Waals surface area contributed by atoms with Gasteiger partial charge in [-0.2, -0.15) is 0 Å². The van der Waals surface area contributed by atoms with Crippen LogP contribution in [0.5, 0.6) is 0 Å². The quantitative estimate of drug-likeness (QED) is 0.0320. The van der Waals surface area contributed by atoms with Crippen LogP contribution >= 0.6 is 0 Å². The van der Waals surface area contributed by atoms with E-state index in [0.717, 1.165) is 38.5 Å². The van der Waals surface area contributed by atoms with Gasteiger partial charge in [0.25, 0.3) is 0 Å². The van der Waals surface area contributed by atoms with Crippen molar-refractivity contribution in [2.75, 3.05) is 13.2 Å². The molecule has 0 radical (unpaired) electrons. The molecule has 440 valence electrons. The number of amides is 1. The van der Waals surface area contributed by atoms with E-state index < -0.39 is 12.1 Å². The number of ether oxygens (including phenoxy) is 1. The van der Waals surface area contributed by atoms with E-state index in [-0.39, 0.29) is 18.5 Å². The summed E-state index contributed by atoms with van der Waals surface area (Å²) in [6, 6.07) is -0.627. The summed E-state index contributed by atoms with van der Waals surface area (Å²) in [6.07, 6.45) is 78.5. The lowest BCUT2D eigenvalue weighted by atomic mass is 10.0. The number of unbranched alkanes of at least 4 members (excludes halogenated alkanes) is 53. The summed E-state index contributed by atoms with van der Waals surface area (Å²) in [5.74, 6) is -0.0452. The summed E-state index contributed by atoms with van der Waals surface area (Å²) < 4.78 is 5.49. The van der Waals surface area contributed by atoms with Gasteiger partial charge >= 0.3 is 5.97 Å². The van der Waals surface area contributed by atoms with Gasteiger partial charge in [0.1, 0.15) is 0 Å². The number of hydrogen-bond acceptors (Lipinski definition) is 5. The van der Waals surface area contributed by atoms with Gasteiger partial charge < -0.3 is 20.3 Å². The Morgan fingerprint density at radius 3 is 0.919 bits per heavy atom. The van der Waals surface area contributed by atoms with E-state index in [9.17, 15) is 19.8 Å². The maximum atomic E-state index is 12.5. The first kappa shape index (κ1) is 72.6. The topological polar surface area (TPSA) is 95.9 Å². The van der Waals surface area contributed by atoms with E-state index in [2.05, 4.69) is 19.2 Å². The summed E-state index contributed by atoms with van der Waals surface area (Å²) in [6.45, 7) is 4.94. The van der Waals surface area contributed by atoms with E-state index in [1.54, 1.807) is 6.08 Å². The lowest BCUT2D eigenvalue weighted by molar-refractivity contribution is -0.143. The number of aliphatic hydroxyl groups is 2. The molecule has 0 aromatic rings. The Morgan fingerprint density at radius 2 is 0.622 bits per heavy atom. The van der Waals surface area contributed by atoms with Crippen LogP contribution in [0.15, 0.2) is 12.2 Å². The minimum absolute atomic E-state index is 0.0174. The summed E-state index contributed by atoms with van der Waals surface area (Å²) in [7, 11) is 0. The highest BCUT2D eigenvalue weighted by atomic mass is 16.5. The number of hydrogen-bond donors (Lipinski definition) is 3. The molecular weight excluding hydrogens is 911 g/mol. The fourth-order valence-corrected chi connectivity index (χ4v) is 10.9. The lowest BCUT2D eigenvalue weighted by Crippen LogP contribution is -2.45. The molecule has 0 aliphatic rings. The predicted molar refractivity (Wildman–Crippen MR) is 324 cm³/mol. The van der Waals surface area contributed by atoms with Crippen molar-refractivity contribution in [2.24, 2.45) is 0 Å². The maximum absolute atomic E-state index is 12.5. The number of aliphatic hydroxyl groups excluding tert-OH is 2. The zero-order valence-electron chi connectivity index (χ0n) is 50.4. The van der Waals surface area contributed by atoms with Gasteiger partial charge in [-0.3, -0.25) is 9.59 Å². The third kappa shape index (κ3) is 59.8. The smallest absolute Gasteiger partial charge is 0.305 e. The van der Waals surface area contributed by atoms with Crippen molar-refractivity contribution in [3.05, 3.63) is 12.2 Å². The van der Waals surface area contributed by atoms with E-state index >= 15 is 0 Å². The molecule has 0 spiro atoms. The van der Waals surface area contributed by atoms with Gasteiger partial charge in [0.15, 0.2) is 0 Å². The van der Waals surface area contributed by atoms with Crippen molar-refractivity contribution in [3.63, 3.8) is 0 Å². The van der Waals surface area contributed by atoms with Gasteiger partial charge in [-0.25, -0.2) is 0 Å². The summed E-state index contributed by atoms with van der Waals surface area (Å²) in [5, 5.41) is 23.2. The Labute approximate surface area is 463 Å². The Hall–Kier alpha value is -1.40. The fraction of sp³-hybridized carbons (Fsp3) is 0.941. The molecule has 0 aliphatic heterocycles. The number of rotatable bonds is 64. The third-order valence-corrected chi connectivity index (χ3v) is 16.1. The Balaban J connectivity index is 3.39. The molecule has 1 amide bonds. The fourth-order valence-electron chi connectivity index (χ4n) is 10.9. The second kappa shape index (κ2) is 64.1. The summed E-state index contributed by atoms with van der Waals surface area (Å²) in [5.41, 5.74) is 0. The monoisotopic (exact) mass is 1040 g/mol. The molecule has 0 saturated heterocycles. The highest BCUT2D eigenvalue weighted by Gasteiger charge is 2.18. The molecular formula is C68H133NO5. The lowest BCUT2D eigenvalue weighted by Gasteiger charge is -2.20. The van der Waals surface area contributed by atoms with E-state index in [0.29, 0.717) is 19.4 Å². The van der Waals surface area contributed by atoms with Crippen LogP contribution < -0.4 is 5.32 Å². The highest BCUT2D eigenvalue weighted by molar-refractivity contribution is 5.76. The number of nitrogens with one attached hydrogen (secondary N) is 1. The molecule has 0 heterocycles. The molecule has 74 heavy (non-hydrogen) atoms. The van der Waals surface area contributed by atoms with Gasteiger partial charge in [0, 0.05) is 12.8 Å². The first-order valence-corrected chi connectivity index (χ1v) is 34.0. The molecule has 3 N–H and O–H groups in total. The van der Waals surface area contributed by atoms with Crippen molar-refractivity contribution in [3.8, 4) is 0 Å².